The highest BCUT2D eigenvalue weighted by molar-refractivity contribution is 7.92. The van der Waals surface area contributed by atoms with Crippen molar-refractivity contribution in [2.24, 2.45) is 0 Å². The maximum Gasteiger partial charge on any atom is 0.338 e. The topological polar surface area (TPSA) is 76.6 Å². The van der Waals surface area contributed by atoms with E-state index in [1.165, 1.54) is 48.8 Å². The van der Waals surface area contributed by atoms with Gasteiger partial charge < -0.3 is 4.74 Å². The third-order valence-electron chi connectivity index (χ3n) is 4.84. The number of esters is 1. The van der Waals surface area contributed by atoms with Crippen molar-refractivity contribution in [1.82, 2.24) is 4.98 Å². The Bertz CT molecular complexity index is 1260. The highest BCUT2D eigenvalue weighted by Gasteiger charge is 2.28. The van der Waals surface area contributed by atoms with Gasteiger partial charge in [0.05, 0.1) is 22.6 Å². The molecule has 1 heterocycles. The fraction of sp³-hybridized carbons (Fsp3) is 0.238. The zero-order chi connectivity index (χ0) is 22.9. The van der Waals surface area contributed by atoms with E-state index in [0.29, 0.717) is 21.7 Å². The Morgan fingerprint density at radius 2 is 1.97 bits per heavy atom. The predicted octanol–water partition coefficient (Wildman–Crippen LogP) is 5.22. The second-order valence-corrected chi connectivity index (χ2v) is 9.84. The van der Waals surface area contributed by atoms with E-state index in [4.69, 9.17) is 16.3 Å². The van der Waals surface area contributed by atoms with Gasteiger partial charge in [0.1, 0.15) is 10.8 Å². The Hall–Kier alpha value is -2.49. The highest BCUT2D eigenvalue weighted by atomic mass is 35.5. The molecule has 0 atom stereocenters. The van der Waals surface area contributed by atoms with Gasteiger partial charge in [-0.1, -0.05) is 11.6 Å². The van der Waals surface area contributed by atoms with E-state index in [2.05, 4.69) is 4.98 Å². The number of rotatable bonds is 6. The molecule has 2 aromatic carbocycles. The average Bonchev–Trinajstić information content (AvgIpc) is 3.21. The fourth-order valence-electron chi connectivity index (χ4n) is 3.02. The number of nitrogens with zero attached hydrogens (tertiary/aromatic N) is 2. The van der Waals surface area contributed by atoms with Crippen LogP contribution in [-0.4, -0.2) is 33.0 Å². The summed E-state index contributed by atoms with van der Waals surface area (Å²) in [6.45, 7) is 5.27. The molecule has 6 nitrogen and oxygen atoms in total. The second kappa shape index (κ2) is 8.94. The number of benzene rings is 2. The van der Waals surface area contributed by atoms with Crippen LogP contribution >= 0.6 is 22.9 Å². The van der Waals surface area contributed by atoms with Crippen molar-refractivity contribution in [2.45, 2.75) is 25.7 Å². The normalized spacial score (nSPS) is 11.4. The Labute approximate surface area is 189 Å². The van der Waals surface area contributed by atoms with E-state index in [9.17, 15) is 17.6 Å². The molecule has 0 N–H and O–H groups in total. The zero-order valence-electron chi connectivity index (χ0n) is 17.3. The van der Waals surface area contributed by atoms with Crippen LogP contribution in [0.5, 0.6) is 0 Å². The molecular formula is C21H20ClFN2O4S2. The molecule has 31 heavy (non-hydrogen) atoms. The first-order valence-electron chi connectivity index (χ1n) is 9.23. The molecule has 0 saturated heterocycles. The lowest BCUT2D eigenvalue weighted by molar-refractivity contribution is 0.0599. The van der Waals surface area contributed by atoms with Gasteiger partial charge in [-0.2, -0.15) is 0 Å². The monoisotopic (exact) mass is 482 g/mol. The van der Waals surface area contributed by atoms with Crippen LogP contribution in [0, 0.1) is 19.7 Å². The van der Waals surface area contributed by atoms with Crippen LogP contribution in [0.1, 0.15) is 28.4 Å². The van der Waals surface area contributed by atoms with Gasteiger partial charge in [0.25, 0.3) is 10.0 Å². The Morgan fingerprint density at radius 1 is 1.26 bits per heavy atom. The number of halogens is 2. The summed E-state index contributed by atoms with van der Waals surface area (Å²) >= 11 is 7.07. The smallest absolute Gasteiger partial charge is 0.338 e. The molecule has 0 saturated carbocycles. The molecule has 0 bridgehead atoms. The molecule has 10 heteroatoms. The highest BCUT2D eigenvalue weighted by Crippen LogP contribution is 2.33. The van der Waals surface area contributed by atoms with Gasteiger partial charge in [0.2, 0.25) is 0 Å². The summed E-state index contributed by atoms with van der Waals surface area (Å²) in [5.41, 5.74) is 2.07. The molecule has 3 rings (SSSR count). The number of carbonyl (C=O) groups excluding carboxylic acids is 1. The van der Waals surface area contributed by atoms with Gasteiger partial charge in [0.15, 0.2) is 5.82 Å². The van der Waals surface area contributed by atoms with Crippen LogP contribution in [0.2, 0.25) is 5.02 Å². The van der Waals surface area contributed by atoms with Crippen LogP contribution in [0.4, 0.5) is 10.2 Å². The minimum absolute atomic E-state index is 0.0303. The maximum atomic E-state index is 13.5. The molecule has 0 amide bonds. The molecule has 0 aliphatic heterocycles. The number of thiazole rings is 1. The van der Waals surface area contributed by atoms with Gasteiger partial charge >= 0.3 is 5.97 Å². The summed E-state index contributed by atoms with van der Waals surface area (Å²) in [7, 11) is -2.76. The van der Waals surface area contributed by atoms with Crippen molar-refractivity contribution < 1.29 is 22.3 Å². The van der Waals surface area contributed by atoms with Crippen molar-refractivity contribution in [3.05, 3.63) is 63.2 Å². The van der Waals surface area contributed by atoms with Gasteiger partial charge in [-0.25, -0.2) is 26.9 Å². The van der Waals surface area contributed by atoms with Crippen molar-refractivity contribution >= 4 is 44.7 Å². The zero-order valence-corrected chi connectivity index (χ0v) is 19.7. The van der Waals surface area contributed by atoms with Crippen molar-refractivity contribution in [1.29, 1.82) is 0 Å². The number of hydrogen-bond donors (Lipinski definition) is 0. The predicted molar refractivity (Wildman–Crippen MR) is 120 cm³/mol. The lowest BCUT2D eigenvalue weighted by Crippen LogP contribution is -2.31. The Morgan fingerprint density at radius 3 is 2.58 bits per heavy atom. The fourth-order valence-corrected chi connectivity index (χ4v) is 5.60. The quantitative estimate of drug-likeness (QED) is 0.450. The average molecular weight is 483 g/mol. The molecule has 164 valence electrons. The molecule has 0 aliphatic rings. The van der Waals surface area contributed by atoms with Crippen LogP contribution in [0.3, 0.4) is 0 Å². The van der Waals surface area contributed by atoms with Crippen LogP contribution in [0.15, 0.2) is 40.6 Å². The molecule has 0 spiro atoms. The number of aryl methyl sites for hydroxylation is 1. The number of anilines is 1. The van der Waals surface area contributed by atoms with Crippen molar-refractivity contribution in [3.63, 3.8) is 0 Å². The molecule has 1 aromatic heterocycles. The maximum absolute atomic E-state index is 13.5. The number of sulfonamides is 1. The van der Waals surface area contributed by atoms with Crippen molar-refractivity contribution in [2.75, 3.05) is 18.0 Å². The van der Waals surface area contributed by atoms with Crippen LogP contribution < -0.4 is 4.31 Å². The Balaban J connectivity index is 2.05. The molecule has 0 aliphatic carbocycles. The van der Waals surface area contributed by atoms with E-state index in [1.54, 1.807) is 26.2 Å². The first kappa shape index (κ1) is 23.2. The van der Waals surface area contributed by atoms with Gasteiger partial charge in [-0.05, 0) is 62.2 Å². The summed E-state index contributed by atoms with van der Waals surface area (Å²) in [6.07, 6.45) is 0. The minimum atomic E-state index is -4.01. The number of methoxy groups -OCH3 is 1. The lowest BCUT2D eigenvalue weighted by Gasteiger charge is -2.21. The SMILES string of the molecule is CCN(c1csc(-c2ccc(F)c(Cl)c2)n1)S(=O)(=O)c1cc(C)c(C)c(C(=O)OC)c1. The molecule has 0 unspecified atom stereocenters. The summed E-state index contributed by atoms with van der Waals surface area (Å²) in [6, 6.07) is 7.04. The van der Waals surface area contributed by atoms with E-state index in [0.717, 1.165) is 4.31 Å². The third-order valence-corrected chi connectivity index (χ3v) is 7.86. The van der Waals surface area contributed by atoms with E-state index >= 15 is 0 Å². The summed E-state index contributed by atoms with van der Waals surface area (Å²) in [5, 5.41) is 2.07. The van der Waals surface area contributed by atoms with Gasteiger partial charge in [-0.15, -0.1) is 11.3 Å². The number of ether oxygens (including phenoxy) is 1. The number of aromatic nitrogens is 1. The number of carbonyl (C=O) groups is 1. The second-order valence-electron chi connectivity index (χ2n) is 6.71. The number of hydrogen-bond acceptors (Lipinski definition) is 6. The lowest BCUT2D eigenvalue weighted by atomic mass is 10.0. The largest absolute Gasteiger partial charge is 0.465 e. The summed E-state index contributed by atoms with van der Waals surface area (Å²) < 4.78 is 46.2. The molecule has 3 aromatic rings. The summed E-state index contributed by atoms with van der Waals surface area (Å²) in [4.78, 5) is 16.5. The first-order chi connectivity index (χ1) is 14.6. The van der Waals surface area contributed by atoms with Gasteiger partial charge in [0, 0.05) is 17.5 Å². The minimum Gasteiger partial charge on any atom is -0.465 e. The molecule has 0 radical (unpaired) electrons. The van der Waals surface area contributed by atoms with E-state index in [1.807, 2.05) is 0 Å². The van der Waals surface area contributed by atoms with Crippen LogP contribution in [0.25, 0.3) is 10.6 Å². The first-order valence-corrected chi connectivity index (χ1v) is 11.9. The molecule has 0 fully saturated rings. The van der Waals surface area contributed by atoms with Gasteiger partial charge in [-0.3, -0.25) is 0 Å². The summed E-state index contributed by atoms with van der Waals surface area (Å²) in [5.74, 6) is -0.929. The van der Waals surface area contributed by atoms with Crippen LogP contribution in [-0.2, 0) is 14.8 Å². The van der Waals surface area contributed by atoms with E-state index in [-0.39, 0.29) is 27.8 Å². The van der Waals surface area contributed by atoms with E-state index < -0.39 is 21.8 Å². The standard InChI is InChI=1S/C21H20ClFN2O4S2/c1-5-25(19-11-30-20(24-19)14-6-7-18(23)17(22)9-14)31(27,28)15-8-12(2)13(3)16(10-15)21(26)29-4/h6-11H,5H2,1-4H3. The third kappa shape index (κ3) is 4.44. The Kier molecular flexibility index (Phi) is 6.68. The molecular weight excluding hydrogens is 463 g/mol. The van der Waals surface area contributed by atoms with Crippen molar-refractivity contribution in [3.8, 4) is 10.6 Å².